The number of halogens is 1. The third-order valence-corrected chi connectivity index (χ3v) is 4.42. The van der Waals surface area contributed by atoms with E-state index in [2.05, 4.69) is 20.4 Å². The summed E-state index contributed by atoms with van der Waals surface area (Å²) in [5, 5.41) is 11.7. The van der Waals surface area contributed by atoms with Crippen molar-refractivity contribution in [2.24, 2.45) is 5.73 Å². The topological polar surface area (TPSA) is 84.1 Å². The minimum Gasteiger partial charge on any atom is -0.368 e. The van der Waals surface area contributed by atoms with Gasteiger partial charge in [-0.3, -0.25) is 10.1 Å². The molecule has 1 amide bonds. The lowest BCUT2D eigenvalue weighted by molar-refractivity contribution is -0.120. The quantitative estimate of drug-likeness (QED) is 0.863. The number of hydrogen-bond donors (Lipinski definition) is 2. The van der Waals surface area contributed by atoms with Gasteiger partial charge in [0.05, 0.1) is 5.69 Å². The number of aromatic nitrogens is 2. The van der Waals surface area contributed by atoms with Crippen molar-refractivity contribution in [1.82, 2.24) is 15.5 Å². The van der Waals surface area contributed by atoms with Gasteiger partial charge in [0.2, 0.25) is 5.91 Å². The molecule has 25 heavy (non-hydrogen) atoms. The summed E-state index contributed by atoms with van der Waals surface area (Å²) >= 11 is 0. The highest BCUT2D eigenvalue weighted by molar-refractivity contribution is 5.81. The number of aryl methyl sites for hydroxylation is 1. The van der Waals surface area contributed by atoms with Crippen molar-refractivity contribution in [3.8, 4) is 0 Å². The van der Waals surface area contributed by atoms with E-state index < -0.39 is 11.9 Å². The van der Waals surface area contributed by atoms with Crippen molar-refractivity contribution >= 4 is 11.7 Å². The van der Waals surface area contributed by atoms with E-state index >= 15 is 0 Å². The highest BCUT2D eigenvalue weighted by atomic mass is 19.1. The number of benzene rings is 1. The normalized spacial score (nSPS) is 18.8. The molecule has 0 spiro atoms. The highest BCUT2D eigenvalue weighted by Gasteiger charge is 2.26. The molecule has 1 aliphatic heterocycles. The SMILES string of the molecule is Cc1ccc(N2CCC[C@@H](N[C@@H](C(N)=O)c3ccc(F)cc3)C2)nn1. The first-order valence-corrected chi connectivity index (χ1v) is 8.39. The molecule has 6 nitrogen and oxygen atoms in total. The van der Waals surface area contributed by atoms with Gasteiger partial charge < -0.3 is 10.6 Å². The lowest BCUT2D eigenvalue weighted by Gasteiger charge is -2.35. The zero-order valence-electron chi connectivity index (χ0n) is 14.2. The van der Waals surface area contributed by atoms with Crippen LogP contribution in [0.15, 0.2) is 36.4 Å². The maximum atomic E-state index is 13.1. The molecule has 2 atom stereocenters. The molecule has 2 heterocycles. The average Bonchev–Trinajstić information content (AvgIpc) is 2.61. The summed E-state index contributed by atoms with van der Waals surface area (Å²) in [4.78, 5) is 14.0. The predicted molar refractivity (Wildman–Crippen MR) is 93.5 cm³/mol. The van der Waals surface area contributed by atoms with E-state index in [9.17, 15) is 9.18 Å². The predicted octanol–water partition coefficient (Wildman–Crippen LogP) is 1.71. The molecule has 1 saturated heterocycles. The lowest BCUT2D eigenvalue weighted by Crippen LogP contribution is -2.49. The van der Waals surface area contributed by atoms with E-state index in [1.54, 1.807) is 12.1 Å². The van der Waals surface area contributed by atoms with E-state index in [1.165, 1.54) is 12.1 Å². The molecule has 0 radical (unpaired) electrons. The summed E-state index contributed by atoms with van der Waals surface area (Å²) in [6.45, 7) is 3.51. The van der Waals surface area contributed by atoms with Crippen LogP contribution in [0.2, 0.25) is 0 Å². The molecular weight excluding hydrogens is 321 g/mol. The Balaban J connectivity index is 1.70. The smallest absolute Gasteiger partial charge is 0.239 e. The Morgan fingerprint density at radius 3 is 2.68 bits per heavy atom. The molecule has 2 aromatic rings. The van der Waals surface area contributed by atoms with Crippen LogP contribution in [0, 0.1) is 12.7 Å². The largest absolute Gasteiger partial charge is 0.368 e. The molecule has 0 aliphatic carbocycles. The van der Waals surface area contributed by atoms with Gasteiger partial charge in [-0.1, -0.05) is 12.1 Å². The molecule has 7 heteroatoms. The Bertz CT molecular complexity index is 719. The summed E-state index contributed by atoms with van der Waals surface area (Å²) in [6.07, 6.45) is 1.91. The fraction of sp³-hybridized carbons (Fsp3) is 0.389. The molecule has 1 aliphatic rings. The summed E-state index contributed by atoms with van der Waals surface area (Å²) in [5.74, 6) is 0.0159. The minimum absolute atomic E-state index is 0.0828. The highest BCUT2D eigenvalue weighted by Crippen LogP contribution is 2.21. The van der Waals surface area contributed by atoms with E-state index in [-0.39, 0.29) is 11.9 Å². The summed E-state index contributed by atoms with van der Waals surface area (Å²) < 4.78 is 13.1. The van der Waals surface area contributed by atoms with Crippen molar-refractivity contribution in [3.63, 3.8) is 0 Å². The summed E-state index contributed by atoms with van der Waals surface area (Å²) in [7, 11) is 0. The number of nitrogens with one attached hydrogen (secondary N) is 1. The van der Waals surface area contributed by atoms with Gasteiger partial charge >= 0.3 is 0 Å². The van der Waals surface area contributed by atoms with Crippen molar-refractivity contribution in [2.75, 3.05) is 18.0 Å². The van der Waals surface area contributed by atoms with Gasteiger partial charge in [0.15, 0.2) is 5.82 Å². The Morgan fingerprint density at radius 2 is 2.04 bits per heavy atom. The average molecular weight is 343 g/mol. The van der Waals surface area contributed by atoms with E-state index in [0.717, 1.165) is 30.9 Å². The number of piperidine rings is 1. The van der Waals surface area contributed by atoms with Crippen LogP contribution >= 0.6 is 0 Å². The van der Waals surface area contributed by atoms with Crippen molar-refractivity contribution < 1.29 is 9.18 Å². The standard InChI is InChI=1S/C18H22FN5O/c1-12-4-9-16(23-22-12)24-10-2-3-15(11-24)21-17(18(20)25)13-5-7-14(19)8-6-13/h4-9,15,17,21H,2-3,10-11H2,1H3,(H2,20,25)/t15-,17-/m1/s1. The number of nitrogens with zero attached hydrogens (tertiary/aromatic N) is 3. The fourth-order valence-electron chi connectivity index (χ4n) is 3.12. The third-order valence-electron chi connectivity index (χ3n) is 4.42. The van der Waals surface area contributed by atoms with Crippen LogP contribution in [-0.4, -0.2) is 35.2 Å². The molecular formula is C18H22FN5O. The Hall–Kier alpha value is -2.54. The Morgan fingerprint density at radius 1 is 1.28 bits per heavy atom. The van der Waals surface area contributed by atoms with E-state index in [0.29, 0.717) is 12.1 Å². The number of hydrogen-bond acceptors (Lipinski definition) is 5. The van der Waals surface area contributed by atoms with Crippen LogP contribution in [0.25, 0.3) is 0 Å². The first kappa shape index (κ1) is 17.3. The zero-order chi connectivity index (χ0) is 17.8. The van der Waals surface area contributed by atoms with Crippen LogP contribution in [-0.2, 0) is 4.79 Å². The zero-order valence-corrected chi connectivity index (χ0v) is 14.2. The van der Waals surface area contributed by atoms with Gasteiger partial charge in [0, 0.05) is 19.1 Å². The number of rotatable bonds is 5. The monoisotopic (exact) mass is 343 g/mol. The number of carbonyl (C=O) groups excluding carboxylic acids is 1. The molecule has 3 N–H and O–H groups in total. The molecule has 132 valence electrons. The van der Waals surface area contributed by atoms with Crippen molar-refractivity contribution in [3.05, 3.63) is 53.5 Å². The lowest BCUT2D eigenvalue weighted by atomic mass is 10.0. The number of anilines is 1. The summed E-state index contributed by atoms with van der Waals surface area (Å²) in [5.41, 5.74) is 7.10. The van der Waals surface area contributed by atoms with Gasteiger partial charge in [-0.15, -0.1) is 5.10 Å². The van der Waals surface area contributed by atoms with Crippen LogP contribution in [0.4, 0.5) is 10.2 Å². The second-order valence-corrected chi connectivity index (χ2v) is 6.37. The fourth-order valence-corrected chi connectivity index (χ4v) is 3.12. The van der Waals surface area contributed by atoms with Crippen LogP contribution < -0.4 is 16.0 Å². The van der Waals surface area contributed by atoms with Crippen molar-refractivity contribution in [2.45, 2.75) is 31.8 Å². The second-order valence-electron chi connectivity index (χ2n) is 6.37. The number of amides is 1. The van der Waals surface area contributed by atoms with Gasteiger partial charge in [-0.05, 0) is 49.6 Å². The molecule has 0 saturated carbocycles. The minimum atomic E-state index is -0.644. The molecule has 0 unspecified atom stereocenters. The van der Waals surface area contributed by atoms with Crippen LogP contribution in [0.5, 0.6) is 0 Å². The molecule has 1 aromatic carbocycles. The van der Waals surface area contributed by atoms with Gasteiger partial charge in [0.1, 0.15) is 11.9 Å². The number of nitrogens with two attached hydrogens (primary N) is 1. The van der Waals surface area contributed by atoms with Crippen molar-refractivity contribution in [1.29, 1.82) is 0 Å². The first-order valence-electron chi connectivity index (χ1n) is 8.39. The van der Waals surface area contributed by atoms with Crippen LogP contribution in [0.3, 0.4) is 0 Å². The number of carbonyl (C=O) groups is 1. The summed E-state index contributed by atoms with van der Waals surface area (Å²) in [6, 6.07) is 9.17. The molecule has 1 aromatic heterocycles. The maximum Gasteiger partial charge on any atom is 0.239 e. The Labute approximate surface area is 146 Å². The molecule has 0 bridgehead atoms. The Kier molecular flexibility index (Phi) is 5.23. The third kappa shape index (κ3) is 4.30. The van der Waals surface area contributed by atoms with Gasteiger partial charge in [-0.25, -0.2) is 4.39 Å². The number of primary amides is 1. The van der Waals surface area contributed by atoms with E-state index in [4.69, 9.17) is 5.73 Å². The van der Waals surface area contributed by atoms with Gasteiger partial charge in [-0.2, -0.15) is 5.10 Å². The maximum absolute atomic E-state index is 13.1. The van der Waals surface area contributed by atoms with E-state index in [1.807, 2.05) is 19.1 Å². The van der Waals surface area contributed by atoms with Gasteiger partial charge in [0.25, 0.3) is 0 Å². The van der Waals surface area contributed by atoms with Crippen LogP contribution in [0.1, 0.15) is 30.1 Å². The first-order chi connectivity index (χ1) is 12.0. The molecule has 3 rings (SSSR count). The second kappa shape index (κ2) is 7.57. The molecule has 1 fully saturated rings.